The third-order valence-corrected chi connectivity index (χ3v) is 7.84. The number of hydrogen-bond donors (Lipinski definition) is 1. The normalized spacial score (nSPS) is 15.0. The Bertz CT molecular complexity index is 366. The maximum atomic E-state index is 9.34. The fourth-order valence-electron chi connectivity index (χ4n) is 1.04. The van der Waals surface area contributed by atoms with Crippen LogP contribution in [0.1, 0.15) is 45.4 Å². The van der Waals surface area contributed by atoms with E-state index in [1.165, 1.54) is 6.26 Å². The van der Waals surface area contributed by atoms with Crippen LogP contribution < -0.4 is 0 Å². The summed E-state index contributed by atoms with van der Waals surface area (Å²) >= 11 is 0. The van der Waals surface area contributed by atoms with E-state index in [2.05, 4.69) is 38.8 Å². The second-order valence-electron chi connectivity index (χ2n) is 5.89. The maximum Gasteiger partial charge on any atom is 0.219 e. The Hall–Kier alpha value is -0.653. The second kappa shape index (κ2) is 4.92. The smallest absolute Gasteiger partial charge is 0.219 e. The highest BCUT2D eigenvalue weighted by molar-refractivity contribution is 6.74. The quantitative estimate of drug-likeness (QED) is 0.841. The molecule has 5 heteroatoms. The van der Waals surface area contributed by atoms with E-state index in [-0.39, 0.29) is 5.04 Å². The van der Waals surface area contributed by atoms with E-state index in [0.29, 0.717) is 18.2 Å². The fraction of sp³-hybridized carbons (Fsp3) is 0.750. The van der Waals surface area contributed by atoms with Crippen molar-refractivity contribution < 1.29 is 13.9 Å². The van der Waals surface area contributed by atoms with E-state index in [1.807, 2.05) is 0 Å². The molecule has 0 spiro atoms. The van der Waals surface area contributed by atoms with Crippen LogP contribution in [0.5, 0.6) is 0 Å². The van der Waals surface area contributed by atoms with Crippen LogP contribution in [0.4, 0.5) is 0 Å². The third-order valence-electron chi connectivity index (χ3n) is 3.36. The summed E-state index contributed by atoms with van der Waals surface area (Å²) in [6.07, 6.45) is 0.884. The highest BCUT2D eigenvalue weighted by Gasteiger charge is 2.37. The largest absolute Gasteiger partial charge is 0.446 e. The first kappa shape index (κ1) is 14.4. The molecule has 4 nitrogen and oxygen atoms in total. The molecule has 1 N–H and O–H groups in total. The van der Waals surface area contributed by atoms with Crippen LogP contribution in [0, 0.1) is 0 Å². The molecule has 1 unspecified atom stereocenters. The molecule has 0 aromatic carbocycles. The van der Waals surface area contributed by atoms with Gasteiger partial charge >= 0.3 is 0 Å². The summed E-state index contributed by atoms with van der Waals surface area (Å²) < 4.78 is 11.2. The summed E-state index contributed by atoms with van der Waals surface area (Å²) in [7, 11) is -1.77. The Morgan fingerprint density at radius 1 is 1.47 bits per heavy atom. The number of rotatable bonds is 4. The summed E-state index contributed by atoms with van der Waals surface area (Å²) in [4.78, 5) is 4.18. The van der Waals surface area contributed by atoms with Crippen LogP contribution in [0.25, 0.3) is 0 Å². The van der Waals surface area contributed by atoms with Crippen LogP contribution in [0.15, 0.2) is 10.7 Å². The molecule has 0 amide bonds. The predicted molar refractivity (Wildman–Crippen MR) is 69.1 cm³/mol. The molecular weight excluding hydrogens is 234 g/mol. The van der Waals surface area contributed by atoms with Gasteiger partial charge in [-0.3, -0.25) is 0 Å². The van der Waals surface area contributed by atoms with Crippen molar-refractivity contribution in [2.24, 2.45) is 0 Å². The topological polar surface area (TPSA) is 55.5 Å². The minimum Gasteiger partial charge on any atom is -0.446 e. The molecule has 17 heavy (non-hydrogen) atoms. The summed E-state index contributed by atoms with van der Waals surface area (Å²) in [6, 6.07) is 0. The van der Waals surface area contributed by atoms with Gasteiger partial charge in [0.15, 0.2) is 8.32 Å². The number of nitrogens with zero attached hydrogens (tertiary/aromatic N) is 1. The maximum absolute atomic E-state index is 9.34. The molecule has 0 bridgehead atoms. The second-order valence-corrected chi connectivity index (χ2v) is 10.7. The molecule has 0 aliphatic carbocycles. The van der Waals surface area contributed by atoms with E-state index in [9.17, 15) is 5.11 Å². The molecular formula is C12H23NO3Si. The Kier molecular flexibility index (Phi) is 4.17. The minimum atomic E-state index is -1.77. The van der Waals surface area contributed by atoms with E-state index in [1.54, 1.807) is 6.92 Å². The van der Waals surface area contributed by atoms with Gasteiger partial charge in [-0.2, -0.15) is 0 Å². The van der Waals surface area contributed by atoms with Gasteiger partial charge in [0.2, 0.25) is 5.89 Å². The lowest BCUT2D eigenvalue weighted by Gasteiger charge is -2.35. The lowest BCUT2D eigenvalue weighted by Crippen LogP contribution is -2.40. The van der Waals surface area contributed by atoms with Gasteiger partial charge in [0.05, 0.1) is 6.10 Å². The molecule has 1 rings (SSSR count). The first-order valence-corrected chi connectivity index (χ1v) is 8.80. The monoisotopic (exact) mass is 257 g/mol. The Morgan fingerprint density at radius 3 is 2.47 bits per heavy atom. The summed E-state index contributed by atoms with van der Waals surface area (Å²) in [5.41, 5.74) is 0.554. The highest BCUT2D eigenvalue weighted by Crippen LogP contribution is 2.37. The van der Waals surface area contributed by atoms with E-state index >= 15 is 0 Å². The number of hydrogen-bond acceptors (Lipinski definition) is 4. The van der Waals surface area contributed by atoms with Crippen molar-refractivity contribution in [3.8, 4) is 0 Å². The van der Waals surface area contributed by atoms with Gasteiger partial charge < -0.3 is 13.9 Å². The molecule has 0 saturated heterocycles. The van der Waals surface area contributed by atoms with Crippen molar-refractivity contribution >= 4 is 8.32 Å². The molecule has 0 saturated carbocycles. The van der Waals surface area contributed by atoms with Crippen molar-refractivity contribution in [2.45, 2.75) is 58.5 Å². The SMILES string of the molecule is CC(O)c1coc(CO[Si](C)(C)C(C)(C)C)n1. The summed E-state index contributed by atoms with van der Waals surface area (Å²) in [5.74, 6) is 0.533. The predicted octanol–water partition coefficient (Wildman–Crippen LogP) is 3.25. The Labute approximate surface area is 104 Å². The van der Waals surface area contributed by atoms with Gasteiger partial charge in [0, 0.05) is 0 Å². The lowest BCUT2D eigenvalue weighted by molar-refractivity contribution is 0.194. The zero-order valence-electron chi connectivity index (χ0n) is 11.6. The summed E-state index contributed by atoms with van der Waals surface area (Å²) in [5, 5.41) is 9.51. The highest BCUT2D eigenvalue weighted by atomic mass is 28.4. The van der Waals surface area contributed by atoms with Gasteiger partial charge in [-0.05, 0) is 25.1 Å². The number of oxazole rings is 1. The molecule has 1 atom stereocenters. The van der Waals surface area contributed by atoms with Gasteiger partial charge in [-0.15, -0.1) is 0 Å². The molecule has 0 fully saturated rings. The molecule has 0 radical (unpaired) electrons. The van der Waals surface area contributed by atoms with Crippen molar-refractivity contribution in [3.63, 3.8) is 0 Å². The average Bonchev–Trinajstić information content (AvgIpc) is 2.61. The zero-order valence-corrected chi connectivity index (χ0v) is 12.6. The van der Waals surface area contributed by atoms with Gasteiger partial charge in [-0.25, -0.2) is 4.98 Å². The molecule has 1 heterocycles. The lowest BCUT2D eigenvalue weighted by atomic mass is 10.2. The standard InChI is InChI=1S/C12H23NO3Si/c1-9(14)10-7-15-11(13-10)8-16-17(5,6)12(2,3)4/h7,9,14H,8H2,1-6H3. The Balaban J connectivity index is 2.61. The number of aliphatic hydroxyl groups is 1. The fourth-order valence-corrected chi connectivity index (χ4v) is 1.96. The van der Waals surface area contributed by atoms with Gasteiger partial charge in [0.25, 0.3) is 0 Å². The van der Waals surface area contributed by atoms with Crippen LogP contribution in [0.3, 0.4) is 0 Å². The molecule has 0 aliphatic rings. The molecule has 1 aromatic heterocycles. The number of aromatic nitrogens is 1. The van der Waals surface area contributed by atoms with Gasteiger partial charge in [-0.1, -0.05) is 20.8 Å². The van der Waals surface area contributed by atoms with Crippen molar-refractivity contribution in [1.29, 1.82) is 0 Å². The molecule has 1 aromatic rings. The molecule has 0 aliphatic heterocycles. The van der Waals surface area contributed by atoms with Crippen molar-refractivity contribution in [3.05, 3.63) is 17.8 Å². The van der Waals surface area contributed by atoms with Crippen molar-refractivity contribution in [2.75, 3.05) is 0 Å². The van der Waals surface area contributed by atoms with Gasteiger partial charge in [0.1, 0.15) is 18.6 Å². The first-order valence-electron chi connectivity index (χ1n) is 5.90. The van der Waals surface area contributed by atoms with E-state index < -0.39 is 14.4 Å². The van der Waals surface area contributed by atoms with E-state index in [0.717, 1.165) is 0 Å². The van der Waals surface area contributed by atoms with Crippen LogP contribution in [-0.2, 0) is 11.0 Å². The van der Waals surface area contributed by atoms with Crippen LogP contribution in [-0.4, -0.2) is 18.4 Å². The van der Waals surface area contributed by atoms with E-state index in [4.69, 9.17) is 8.84 Å². The summed E-state index contributed by atoms with van der Waals surface area (Å²) in [6.45, 7) is 13.0. The average molecular weight is 257 g/mol. The first-order chi connectivity index (χ1) is 7.63. The number of aliphatic hydroxyl groups excluding tert-OH is 1. The Morgan fingerprint density at radius 2 is 2.06 bits per heavy atom. The van der Waals surface area contributed by atoms with Crippen LogP contribution >= 0.6 is 0 Å². The van der Waals surface area contributed by atoms with Crippen molar-refractivity contribution in [1.82, 2.24) is 4.98 Å². The molecule has 98 valence electrons. The van der Waals surface area contributed by atoms with Crippen LogP contribution in [0.2, 0.25) is 18.1 Å². The zero-order chi connectivity index (χ0) is 13.3. The third kappa shape index (κ3) is 3.66. The minimum absolute atomic E-state index is 0.173.